The SMILES string of the molecule is C=C(C)CN(C)C(=O)Nc1ccc(C(=O)O)cc1C. The van der Waals surface area contributed by atoms with E-state index < -0.39 is 5.97 Å². The first-order valence-corrected chi connectivity index (χ1v) is 5.81. The first kappa shape index (κ1) is 14.8. The van der Waals surface area contributed by atoms with Crippen molar-refractivity contribution in [3.05, 3.63) is 41.5 Å². The lowest BCUT2D eigenvalue weighted by Crippen LogP contribution is -2.32. The minimum absolute atomic E-state index is 0.200. The van der Waals surface area contributed by atoms with Crippen LogP contribution in [0.25, 0.3) is 0 Å². The van der Waals surface area contributed by atoms with Gasteiger partial charge in [0.25, 0.3) is 0 Å². The number of hydrogen-bond acceptors (Lipinski definition) is 2. The van der Waals surface area contributed by atoms with Gasteiger partial charge in [-0.2, -0.15) is 0 Å². The molecule has 0 aliphatic heterocycles. The number of nitrogens with zero attached hydrogens (tertiary/aromatic N) is 1. The van der Waals surface area contributed by atoms with Gasteiger partial charge in [-0.3, -0.25) is 0 Å². The number of carboxylic acid groups (broad SMARTS) is 1. The summed E-state index contributed by atoms with van der Waals surface area (Å²) < 4.78 is 0. The Morgan fingerprint density at radius 3 is 2.53 bits per heavy atom. The molecule has 0 unspecified atom stereocenters. The monoisotopic (exact) mass is 262 g/mol. The lowest BCUT2D eigenvalue weighted by atomic mass is 10.1. The number of anilines is 1. The first-order chi connectivity index (χ1) is 8.81. The van der Waals surface area contributed by atoms with Gasteiger partial charge in [0.2, 0.25) is 0 Å². The van der Waals surface area contributed by atoms with Crippen LogP contribution in [0.5, 0.6) is 0 Å². The fraction of sp³-hybridized carbons (Fsp3) is 0.286. The van der Waals surface area contributed by atoms with Gasteiger partial charge >= 0.3 is 12.0 Å². The second-order valence-electron chi connectivity index (χ2n) is 4.58. The van der Waals surface area contributed by atoms with Gasteiger partial charge in [-0.1, -0.05) is 12.2 Å². The van der Waals surface area contributed by atoms with Gasteiger partial charge in [0.15, 0.2) is 0 Å². The molecule has 0 saturated heterocycles. The van der Waals surface area contributed by atoms with Gasteiger partial charge in [-0.25, -0.2) is 9.59 Å². The summed E-state index contributed by atoms with van der Waals surface area (Å²) in [6, 6.07) is 4.32. The number of rotatable bonds is 4. The molecule has 0 heterocycles. The maximum atomic E-state index is 11.9. The topological polar surface area (TPSA) is 69.6 Å². The molecule has 0 fully saturated rings. The summed E-state index contributed by atoms with van der Waals surface area (Å²) in [5.41, 5.74) is 2.39. The highest BCUT2D eigenvalue weighted by molar-refractivity contribution is 5.92. The number of hydrogen-bond donors (Lipinski definition) is 2. The number of carbonyl (C=O) groups is 2. The molecule has 0 saturated carbocycles. The summed E-state index contributed by atoms with van der Waals surface area (Å²) in [7, 11) is 1.67. The van der Waals surface area contributed by atoms with Crippen molar-refractivity contribution in [2.24, 2.45) is 0 Å². The summed E-state index contributed by atoms with van der Waals surface area (Å²) in [6.07, 6.45) is 0. The molecule has 1 aromatic carbocycles. The van der Waals surface area contributed by atoms with Gasteiger partial charge in [-0.15, -0.1) is 0 Å². The third-order valence-corrected chi connectivity index (χ3v) is 2.57. The van der Waals surface area contributed by atoms with E-state index in [2.05, 4.69) is 11.9 Å². The molecular formula is C14H18N2O3. The number of urea groups is 1. The van der Waals surface area contributed by atoms with Gasteiger partial charge < -0.3 is 15.3 Å². The average Bonchev–Trinajstić information content (AvgIpc) is 2.30. The zero-order valence-corrected chi connectivity index (χ0v) is 11.4. The molecule has 102 valence electrons. The maximum absolute atomic E-state index is 11.9. The second kappa shape index (κ2) is 6.04. The highest BCUT2D eigenvalue weighted by Crippen LogP contribution is 2.17. The zero-order valence-electron chi connectivity index (χ0n) is 11.4. The number of aryl methyl sites for hydroxylation is 1. The fourth-order valence-electron chi connectivity index (χ4n) is 1.62. The number of nitrogens with one attached hydrogen (secondary N) is 1. The van der Waals surface area contributed by atoms with Crippen LogP contribution in [-0.2, 0) is 0 Å². The third-order valence-electron chi connectivity index (χ3n) is 2.57. The van der Waals surface area contributed by atoms with E-state index in [0.717, 1.165) is 5.57 Å². The first-order valence-electron chi connectivity index (χ1n) is 5.81. The molecule has 2 amide bonds. The van der Waals surface area contributed by atoms with E-state index in [4.69, 9.17) is 5.11 Å². The van der Waals surface area contributed by atoms with Gasteiger partial charge in [0.05, 0.1) is 5.56 Å². The van der Waals surface area contributed by atoms with Crippen molar-refractivity contribution in [1.82, 2.24) is 4.90 Å². The summed E-state index contributed by atoms with van der Waals surface area (Å²) in [5, 5.41) is 11.6. The van der Waals surface area contributed by atoms with Crippen molar-refractivity contribution in [3.8, 4) is 0 Å². The average molecular weight is 262 g/mol. The van der Waals surface area contributed by atoms with Crippen molar-refractivity contribution in [2.75, 3.05) is 18.9 Å². The molecule has 2 N–H and O–H groups in total. The summed E-state index contributed by atoms with van der Waals surface area (Å²) in [6.45, 7) is 7.81. The largest absolute Gasteiger partial charge is 0.478 e. The van der Waals surface area contributed by atoms with E-state index >= 15 is 0 Å². The lowest BCUT2D eigenvalue weighted by Gasteiger charge is -2.18. The lowest BCUT2D eigenvalue weighted by molar-refractivity contribution is 0.0697. The van der Waals surface area contributed by atoms with Gasteiger partial charge in [-0.05, 0) is 37.6 Å². The van der Waals surface area contributed by atoms with E-state index in [1.54, 1.807) is 20.0 Å². The van der Waals surface area contributed by atoms with Crippen molar-refractivity contribution < 1.29 is 14.7 Å². The Morgan fingerprint density at radius 2 is 2.05 bits per heavy atom. The Morgan fingerprint density at radius 1 is 1.42 bits per heavy atom. The molecule has 1 rings (SSSR count). The van der Waals surface area contributed by atoms with Crippen LogP contribution >= 0.6 is 0 Å². The van der Waals surface area contributed by atoms with Crippen LogP contribution < -0.4 is 5.32 Å². The number of carbonyl (C=O) groups excluding carboxylic acids is 1. The molecule has 0 aromatic heterocycles. The third kappa shape index (κ3) is 4.13. The molecule has 5 heteroatoms. The van der Waals surface area contributed by atoms with Crippen LogP contribution in [0.15, 0.2) is 30.4 Å². The van der Waals surface area contributed by atoms with Crippen molar-refractivity contribution in [3.63, 3.8) is 0 Å². The normalized spacial score (nSPS) is 9.84. The van der Waals surface area contributed by atoms with Crippen LogP contribution in [0.4, 0.5) is 10.5 Å². The van der Waals surface area contributed by atoms with E-state index in [-0.39, 0.29) is 11.6 Å². The van der Waals surface area contributed by atoms with Crippen molar-refractivity contribution in [1.29, 1.82) is 0 Å². The molecule has 0 aliphatic rings. The van der Waals surface area contributed by atoms with Crippen molar-refractivity contribution >= 4 is 17.7 Å². The zero-order chi connectivity index (χ0) is 14.6. The maximum Gasteiger partial charge on any atom is 0.335 e. The van der Waals surface area contributed by atoms with Crippen LogP contribution in [0.2, 0.25) is 0 Å². The summed E-state index contributed by atoms with van der Waals surface area (Å²) in [5.74, 6) is -0.986. The molecule has 0 spiro atoms. The molecule has 19 heavy (non-hydrogen) atoms. The van der Waals surface area contributed by atoms with Crippen LogP contribution in [0.1, 0.15) is 22.8 Å². The molecule has 5 nitrogen and oxygen atoms in total. The van der Waals surface area contributed by atoms with Gasteiger partial charge in [0.1, 0.15) is 0 Å². The Kier molecular flexibility index (Phi) is 4.69. The van der Waals surface area contributed by atoms with Crippen LogP contribution in [-0.4, -0.2) is 35.6 Å². The molecule has 0 aliphatic carbocycles. The smallest absolute Gasteiger partial charge is 0.335 e. The number of aromatic carboxylic acids is 1. The van der Waals surface area contributed by atoms with Crippen LogP contribution in [0, 0.1) is 6.92 Å². The standard InChI is InChI=1S/C14H18N2O3/c1-9(2)8-16(4)14(19)15-12-6-5-11(13(17)18)7-10(12)3/h5-7H,1,8H2,2-4H3,(H,15,19)(H,17,18). The number of carboxylic acids is 1. The Labute approximate surface area is 112 Å². The number of benzene rings is 1. The highest BCUT2D eigenvalue weighted by atomic mass is 16.4. The van der Waals surface area contributed by atoms with E-state index in [0.29, 0.717) is 17.8 Å². The predicted octanol–water partition coefficient (Wildman–Crippen LogP) is 2.73. The molecule has 0 bridgehead atoms. The van der Waals surface area contributed by atoms with Crippen LogP contribution in [0.3, 0.4) is 0 Å². The molecule has 0 atom stereocenters. The van der Waals surface area contributed by atoms with E-state index in [9.17, 15) is 9.59 Å². The Bertz CT molecular complexity index is 523. The van der Waals surface area contributed by atoms with E-state index in [1.165, 1.54) is 17.0 Å². The fourth-order valence-corrected chi connectivity index (χ4v) is 1.62. The molecule has 0 radical (unpaired) electrons. The predicted molar refractivity (Wildman–Crippen MR) is 74.6 cm³/mol. The molecule has 1 aromatic rings. The minimum atomic E-state index is -0.986. The van der Waals surface area contributed by atoms with Gasteiger partial charge in [0, 0.05) is 19.3 Å². The molecular weight excluding hydrogens is 244 g/mol. The quantitative estimate of drug-likeness (QED) is 0.820. The Balaban J connectivity index is 2.80. The highest BCUT2D eigenvalue weighted by Gasteiger charge is 2.11. The van der Waals surface area contributed by atoms with E-state index in [1.807, 2.05) is 6.92 Å². The Hall–Kier alpha value is -2.30. The minimum Gasteiger partial charge on any atom is -0.478 e. The van der Waals surface area contributed by atoms with Crippen molar-refractivity contribution in [2.45, 2.75) is 13.8 Å². The number of amides is 2. The summed E-state index contributed by atoms with van der Waals surface area (Å²) >= 11 is 0. The second-order valence-corrected chi connectivity index (χ2v) is 4.58. The summed E-state index contributed by atoms with van der Waals surface area (Å²) in [4.78, 5) is 24.2. The number of likely N-dealkylation sites (N-methyl/N-ethyl adjacent to an activating group) is 1.